The number of aromatic nitrogens is 2. The van der Waals surface area contributed by atoms with E-state index in [4.69, 9.17) is 4.42 Å². The van der Waals surface area contributed by atoms with E-state index in [2.05, 4.69) is 26.1 Å². The number of halogens is 7. The minimum absolute atomic E-state index is 0.0124. The molecule has 1 amide bonds. The number of rotatable bonds is 3. The minimum Gasteiger partial charge on any atom is -0.403 e. The molecule has 12 heteroatoms. The second-order valence-electron chi connectivity index (χ2n) is 5.67. The van der Waals surface area contributed by atoms with Crippen molar-refractivity contribution in [2.45, 2.75) is 12.4 Å². The normalized spacial score (nSPS) is 12.1. The predicted octanol–water partition coefficient (Wildman–Crippen LogP) is 5.79. The van der Waals surface area contributed by atoms with Crippen LogP contribution in [0.5, 0.6) is 0 Å². The fraction of sp³-hybridized carbons (Fsp3) is 0.118. The van der Waals surface area contributed by atoms with Crippen molar-refractivity contribution in [2.75, 3.05) is 5.32 Å². The average Bonchev–Trinajstić information content (AvgIpc) is 3.08. The molecule has 1 N–H and O–H groups in total. The van der Waals surface area contributed by atoms with Gasteiger partial charge in [0.25, 0.3) is 5.91 Å². The van der Waals surface area contributed by atoms with Crippen LogP contribution in [0.2, 0.25) is 0 Å². The Balaban J connectivity index is 1.89. The largest absolute Gasteiger partial charge is 0.416 e. The number of hydrogen-bond donors (Lipinski definition) is 1. The lowest BCUT2D eigenvalue weighted by Crippen LogP contribution is -2.17. The third-order valence-corrected chi connectivity index (χ3v) is 4.06. The Bertz CT molecular complexity index is 1030. The molecule has 0 saturated carbocycles. The molecule has 1 heterocycles. The molecular weight excluding hydrogens is 472 g/mol. The number of anilines is 1. The fourth-order valence-electron chi connectivity index (χ4n) is 2.27. The third kappa shape index (κ3) is 4.94. The highest BCUT2D eigenvalue weighted by Gasteiger charge is 2.37. The van der Waals surface area contributed by atoms with Gasteiger partial charge in [0.05, 0.1) is 11.1 Å². The van der Waals surface area contributed by atoms with Crippen LogP contribution in [0.1, 0.15) is 21.5 Å². The molecule has 0 aliphatic carbocycles. The van der Waals surface area contributed by atoms with Crippen molar-refractivity contribution in [1.82, 2.24) is 10.2 Å². The van der Waals surface area contributed by atoms with E-state index in [9.17, 15) is 31.1 Å². The number of nitrogens with zero attached hydrogens (tertiary/aromatic N) is 2. The van der Waals surface area contributed by atoms with E-state index in [0.29, 0.717) is 22.2 Å². The maximum atomic E-state index is 12.9. The summed E-state index contributed by atoms with van der Waals surface area (Å²) in [5, 5.41) is 9.19. The number of carbonyl (C=O) groups is 1. The Morgan fingerprint density at radius 2 is 1.55 bits per heavy atom. The molecule has 0 radical (unpaired) electrons. The smallest absolute Gasteiger partial charge is 0.403 e. The van der Waals surface area contributed by atoms with Gasteiger partial charge in [-0.3, -0.25) is 10.1 Å². The lowest BCUT2D eigenvalue weighted by atomic mass is 10.0. The second-order valence-corrected chi connectivity index (χ2v) is 6.59. The first-order valence-corrected chi connectivity index (χ1v) is 8.43. The number of amides is 1. The summed E-state index contributed by atoms with van der Waals surface area (Å²) in [5.74, 6) is -1.28. The molecule has 0 spiro atoms. The van der Waals surface area contributed by atoms with Crippen LogP contribution in [0.25, 0.3) is 11.5 Å². The summed E-state index contributed by atoms with van der Waals surface area (Å²) in [6, 6.07) is 6.68. The molecule has 0 unspecified atom stereocenters. The van der Waals surface area contributed by atoms with Crippen LogP contribution in [0.4, 0.5) is 32.4 Å². The molecule has 2 aromatic carbocycles. The van der Waals surface area contributed by atoms with E-state index in [1.54, 1.807) is 24.3 Å². The molecule has 5 nitrogen and oxygen atoms in total. The quantitative estimate of drug-likeness (QED) is 0.483. The number of alkyl halides is 6. The fourth-order valence-corrected chi connectivity index (χ4v) is 2.67. The van der Waals surface area contributed by atoms with E-state index >= 15 is 0 Å². The molecule has 0 atom stereocenters. The first kappa shape index (κ1) is 20.8. The van der Waals surface area contributed by atoms with E-state index in [1.807, 2.05) is 5.32 Å². The molecule has 152 valence electrons. The topological polar surface area (TPSA) is 68.0 Å². The summed E-state index contributed by atoms with van der Waals surface area (Å²) >= 11 is 3.24. The highest BCUT2D eigenvalue weighted by atomic mass is 79.9. The van der Waals surface area contributed by atoms with Crippen molar-refractivity contribution < 1.29 is 35.6 Å². The molecular formula is C17H8BrF6N3O2. The van der Waals surface area contributed by atoms with Gasteiger partial charge in [0.15, 0.2) is 0 Å². The van der Waals surface area contributed by atoms with Gasteiger partial charge in [0, 0.05) is 15.6 Å². The summed E-state index contributed by atoms with van der Waals surface area (Å²) < 4.78 is 83.3. The van der Waals surface area contributed by atoms with E-state index in [0.717, 1.165) is 0 Å². The molecule has 0 aliphatic heterocycles. The third-order valence-electron chi connectivity index (χ3n) is 3.57. The van der Waals surface area contributed by atoms with Gasteiger partial charge >= 0.3 is 18.4 Å². The second kappa shape index (κ2) is 7.50. The molecule has 3 rings (SSSR count). The van der Waals surface area contributed by atoms with E-state index in [-0.39, 0.29) is 12.0 Å². The molecule has 29 heavy (non-hydrogen) atoms. The monoisotopic (exact) mass is 479 g/mol. The number of nitrogens with one attached hydrogen (secondary N) is 1. The van der Waals surface area contributed by atoms with Crippen molar-refractivity contribution in [3.8, 4) is 11.5 Å². The van der Waals surface area contributed by atoms with Crippen LogP contribution < -0.4 is 5.32 Å². The average molecular weight is 480 g/mol. The van der Waals surface area contributed by atoms with Gasteiger partial charge in [-0.25, -0.2) is 0 Å². The summed E-state index contributed by atoms with van der Waals surface area (Å²) in [4.78, 5) is 12.2. The van der Waals surface area contributed by atoms with Crippen LogP contribution in [0.15, 0.2) is 51.4 Å². The molecule has 1 aromatic heterocycles. The molecule has 0 aliphatic rings. The van der Waals surface area contributed by atoms with Crippen LogP contribution in [-0.4, -0.2) is 16.1 Å². The number of hydrogen-bond acceptors (Lipinski definition) is 4. The SMILES string of the molecule is O=C(Nc1nnc(-c2cccc(Br)c2)o1)c1cc(C(F)(F)F)cc(C(F)(F)F)c1. The van der Waals surface area contributed by atoms with Gasteiger partial charge in [-0.1, -0.05) is 27.1 Å². The zero-order chi connectivity index (χ0) is 21.4. The van der Waals surface area contributed by atoms with Gasteiger partial charge < -0.3 is 4.42 Å². The highest BCUT2D eigenvalue weighted by Crippen LogP contribution is 2.36. The summed E-state index contributed by atoms with van der Waals surface area (Å²) in [6.45, 7) is 0. The summed E-state index contributed by atoms with van der Waals surface area (Å²) in [6.07, 6.45) is -10.1. The molecule has 0 saturated heterocycles. The van der Waals surface area contributed by atoms with Crippen LogP contribution in [-0.2, 0) is 12.4 Å². The zero-order valence-corrected chi connectivity index (χ0v) is 15.5. The summed E-state index contributed by atoms with van der Waals surface area (Å²) in [5.41, 5.74) is -3.61. The predicted molar refractivity (Wildman–Crippen MR) is 91.8 cm³/mol. The van der Waals surface area contributed by atoms with Gasteiger partial charge in [-0.05, 0) is 36.4 Å². The van der Waals surface area contributed by atoms with Gasteiger partial charge in [-0.2, -0.15) is 26.3 Å². The van der Waals surface area contributed by atoms with Crippen molar-refractivity contribution in [3.05, 3.63) is 63.6 Å². The van der Waals surface area contributed by atoms with Crippen molar-refractivity contribution >= 4 is 27.9 Å². The maximum absolute atomic E-state index is 12.9. The number of benzene rings is 2. The Labute approximate surface area is 166 Å². The van der Waals surface area contributed by atoms with Crippen molar-refractivity contribution in [2.24, 2.45) is 0 Å². The van der Waals surface area contributed by atoms with Gasteiger partial charge in [0.1, 0.15) is 0 Å². The van der Waals surface area contributed by atoms with Gasteiger partial charge in [-0.15, -0.1) is 5.10 Å². The summed E-state index contributed by atoms with van der Waals surface area (Å²) in [7, 11) is 0. The first-order chi connectivity index (χ1) is 13.4. The standard InChI is InChI=1S/C17H8BrF6N3O2/c18-12-3-1-2-8(6-12)14-26-27-15(29-14)25-13(28)9-4-10(16(19,20)21)7-11(5-9)17(22,23)24/h1-7H,(H,25,27,28). The number of carbonyl (C=O) groups excluding carboxylic acids is 1. The Morgan fingerprint density at radius 1 is 0.931 bits per heavy atom. The molecule has 0 fully saturated rings. The van der Waals surface area contributed by atoms with Crippen molar-refractivity contribution in [3.63, 3.8) is 0 Å². The maximum Gasteiger partial charge on any atom is 0.416 e. The molecule has 3 aromatic rings. The Hall–Kier alpha value is -2.89. The van der Waals surface area contributed by atoms with Crippen LogP contribution in [0.3, 0.4) is 0 Å². The zero-order valence-electron chi connectivity index (χ0n) is 13.9. The van der Waals surface area contributed by atoms with Gasteiger partial charge in [0.2, 0.25) is 5.89 Å². The molecule has 0 bridgehead atoms. The van der Waals surface area contributed by atoms with E-state index < -0.39 is 41.0 Å². The lowest BCUT2D eigenvalue weighted by molar-refractivity contribution is -0.143. The van der Waals surface area contributed by atoms with E-state index in [1.165, 1.54) is 0 Å². The Kier molecular flexibility index (Phi) is 5.39. The Morgan fingerprint density at radius 3 is 2.10 bits per heavy atom. The van der Waals surface area contributed by atoms with Crippen LogP contribution in [0, 0.1) is 0 Å². The first-order valence-electron chi connectivity index (χ1n) is 7.64. The van der Waals surface area contributed by atoms with Crippen molar-refractivity contribution in [1.29, 1.82) is 0 Å². The highest BCUT2D eigenvalue weighted by molar-refractivity contribution is 9.10. The lowest BCUT2D eigenvalue weighted by Gasteiger charge is -2.13. The van der Waals surface area contributed by atoms with Crippen LogP contribution >= 0.6 is 15.9 Å². The minimum atomic E-state index is -5.07.